The third-order valence-corrected chi connectivity index (χ3v) is 8.00. The van der Waals surface area contributed by atoms with Crippen molar-refractivity contribution in [1.82, 2.24) is 0 Å². The van der Waals surface area contributed by atoms with E-state index in [2.05, 4.69) is 31.2 Å². The van der Waals surface area contributed by atoms with E-state index in [0.29, 0.717) is 17.8 Å². The van der Waals surface area contributed by atoms with Crippen molar-refractivity contribution >= 4 is 16.8 Å². The van der Waals surface area contributed by atoms with Crippen LogP contribution in [-0.2, 0) is 6.42 Å². The summed E-state index contributed by atoms with van der Waals surface area (Å²) >= 11 is 0. The summed E-state index contributed by atoms with van der Waals surface area (Å²) in [7, 11) is 0. The summed E-state index contributed by atoms with van der Waals surface area (Å²) in [6, 6.07) is 12.4. The Balaban J connectivity index is 1.63. The molecule has 2 aromatic carbocycles. The molecule has 2 unspecified atom stereocenters. The normalized spacial score (nSPS) is 32.2. The SMILES string of the molecule is Cc1cccc2c1/C(=C1/c3ccc([N+](=O)[O-])cc3C3C1[C@@H]1CC[C@H]3C1)CCC2. The molecule has 0 saturated heterocycles. The van der Waals surface area contributed by atoms with Gasteiger partial charge < -0.3 is 0 Å². The number of hydrogen-bond acceptors (Lipinski definition) is 2. The first-order valence-electron chi connectivity index (χ1n) is 10.7. The van der Waals surface area contributed by atoms with E-state index in [1.54, 1.807) is 17.2 Å². The molecule has 0 radical (unpaired) electrons. The third kappa shape index (κ3) is 2.10. The summed E-state index contributed by atoms with van der Waals surface area (Å²) in [5.41, 5.74) is 10.3. The minimum absolute atomic E-state index is 0.228. The number of nitro groups is 1. The van der Waals surface area contributed by atoms with Crippen LogP contribution in [0.15, 0.2) is 36.4 Å². The predicted octanol–water partition coefficient (Wildman–Crippen LogP) is 6.29. The van der Waals surface area contributed by atoms with Gasteiger partial charge in [-0.15, -0.1) is 0 Å². The summed E-state index contributed by atoms with van der Waals surface area (Å²) in [4.78, 5) is 11.2. The molecule has 2 bridgehead atoms. The van der Waals surface area contributed by atoms with E-state index < -0.39 is 0 Å². The molecule has 0 spiro atoms. The van der Waals surface area contributed by atoms with Crippen LogP contribution < -0.4 is 0 Å². The molecular formula is C25H25NO2. The summed E-state index contributed by atoms with van der Waals surface area (Å²) in [6.07, 6.45) is 7.47. The Morgan fingerprint density at radius 2 is 1.86 bits per heavy atom. The first kappa shape index (κ1) is 16.5. The van der Waals surface area contributed by atoms with Gasteiger partial charge in [-0.1, -0.05) is 18.2 Å². The van der Waals surface area contributed by atoms with Gasteiger partial charge in [0.15, 0.2) is 0 Å². The molecule has 142 valence electrons. The molecule has 4 aliphatic rings. The van der Waals surface area contributed by atoms with Crippen LogP contribution in [0.2, 0.25) is 0 Å². The fraction of sp³-hybridized carbons (Fsp3) is 0.440. The van der Waals surface area contributed by atoms with Crippen LogP contribution in [0.3, 0.4) is 0 Å². The van der Waals surface area contributed by atoms with E-state index >= 15 is 0 Å². The second-order valence-corrected chi connectivity index (χ2v) is 9.27. The standard InChI is InChI=1S/C25H25NO2/c1-14-4-2-5-15-6-3-7-20(22(14)15)25-19-11-10-18(26(27)28)13-21(19)23-16-8-9-17(12-16)24(23)25/h2,4-5,10-11,13,16-17,23-24H,3,6-9,12H2,1H3/b25-20-/t16-,17+,23?,24?/m0/s1. The van der Waals surface area contributed by atoms with Gasteiger partial charge in [-0.2, -0.15) is 0 Å². The molecule has 3 nitrogen and oxygen atoms in total. The Labute approximate surface area is 165 Å². The zero-order chi connectivity index (χ0) is 19.0. The van der Waals surface area contributed by atoms with Crippen LogP contribution in [0.1, 0.15) is 65.8 Å². The van der Waals surface area contributed by atoms with E-state index in [1.165, 1.54) is 59.9 Å². The van der Waals surface area contributed by atoms with Crippen molar-refractivity contribution in [3.63, 3.8) is 0 Å². The predicted molar refractivity (Wildman–Crippen MR) is 111 cm³/mol. The fourth-order valence-corrected chi connectivity index (χ4v) is 7.10. The Morgan fingerprint density at radius 1 is 1.04 bits per heavy atom. The lowest BCUT2D eigenvalue weighted by Crippen LogP contribution is -2.17. The fourth-order valence-electron chi connectivity index (χ4n) is 7.10. The van der Waals surface area contributed by atoms with Gasteiger partial charge >= 0.3 is 0 Å². The van der Waals surface area contributed by atoms with E-state index in [4.69, 9.17) is 0 Å². The van der Waals surface area contributed by atoms with Crippen molar-refractivity contribution < 1.29 is 4.92 Å². The van der Waals surface area contributed by atoms with E-state index in [0.717, 1.165) is 12.3 Å². The van der Waals surface area contributed by atoms with Gasteiger partial charge in [0.25, 0.3) is 5.69 Å². The van der Waals surface area contributed by atoms with Crippen LogP contribution in [0.5, 0.6) is 0 Å². The Hall–Kier alpha value is -2.42. The number of fused-ring (bicyclic) bond motifs is 8. The first-order chi connectivity index (χ1) is 13.6. The van der Waals surface area contributed by atoms with Gasteiger partial charge in [0.05, 0.1) is 4.92 Å². The third-order valence-electron chi connectivity index (χ3n) is 8.00. The summed E-state index contributed by atoms with van der Waals surface area (Å²) in [6.45, 7) is 2.24. The van der Waals surface area contributed by atoms with Gasteiger partial charge in [0.2, 0.25) is 0 Å². The highest BCUT2D eigenvalue weighted by molar-refractivity contribution is 5.97. The van der Waals surface area contributed by atoms with Gasteiger partial charge in [0, 0.05) is 12.1 Å². The van der Waals surface area contributed by atoms with Gasteiger partial charge in [-0.05, 0) is 114 Å². The maximum atomic E-state index is 11.4. The number of non-ortho nitro benzene ring substituents is 1. The van der Waals surface area contributed by atoms with Crippen LogP contribution >= 0.6 is 0 Å². The molecular weight excluding hydrogens is 346 g/mol. The second kappa shape index (κ2) is 5.79. The monoisotopic (exact) mass is 371 g/mol. The Morgan fingerprint density at radius 3 is 2.68 bits per heavy atom. The maximum Gasteiger partial charge on any atom is 0.269 e. The summed E-state index contributed by atoms with van der Waals surface area (Å²) in [5.74, 6) is 2.56. The largest absolute Gasteiger partial charge is 0.269 e. The molecule has 2 aromatic rings. The zero-order valence-electron chi connectivity index (χ0n) is 16.3. The molecule has 0 amide bonds. The lowest BCUT2D eigenvalue weighted by Gasteiger charge is -2.30. The Bertz CT molecular complexity index is 1050. The summed E-state index contributed by atoms with van der Waals surface area (Å²) in [5, 5.41) is 11.4. The molecule has 4 aliphatic carbocycles. The minimum atomic E-state index is -0.228. The number of allylic oxidation sites excluding steroid dienone is 2. The number of hydrogen-bond donors (Lipinski definition) is 0. The Kier molecular flexibility index (Phi) is 3.42. The van der Waals surface area contributed by atoms with Crippen LogP contribution in [-0.4, -0.2) is 4.92 Å². The lowest BCUT2D eigenvalue weighted by atomic mass is 9.74. The molecule has 6 rings (SSSR count). The highest BCUT2D eigenvalue weighted by Gasteiger charge is 2.54. The molecule has 0 heterocycles. The van der Waals surface area contributed by atoms with Gasteiger partial charge in [0.1, 0.15) is 0 Å². The van der Waals surface area contributed by atoms with E-state index in [9.17, 15) is 10.1 Å². The average Bonchev–Trinajstić information content (AvgIpc) is 3.38. The van der Waals surface area contributed by atoms with Crippen molar-refractivity contribution in [2.24, 2.45) is 17.8 Å². The van der Waals surface area contributed by atoms with Crippen molar-refractivity contribution in [3.8, 4) is 0 Å². The van der Waals surface area contributed by atoms with Crippen molar-refractivity contribution in [2.45, 2.75) is 51.4 Å². The minimum Gasteiger partial charge on any atom is -0.258 e. The number of rotatable bonds is 1. The van der Waals surface area contributed by atoms with Gasteiger partial charge in [-0.25, -0.2) is 0 Å². The molecule has 0 aromatic heterocycles. The number of nitrogens with zero attached hydrogens (tertiary/aromatic N) is 1. The molecule has 4 atom stereocenters. The van der Waals surface area contributed by atoms with Crippen LogP contribution in [0.25, 0.3) is 11.1 Å². The highest BCUT2D eigenvalue weighted by atomic mass is 16.6. The second-order valence-electron chi connectivity index (χ2n) is 9.27. The number of aryl methyl sites for hydroxylation is 2. The van der Waals surface area contributed by atoms with Crippen molar-refractivity contribution in [3.05, 3.63) is 74.3 Å². The van der Waals surface area contributed by atoms with Gasteiger partial charge in [-0.3, -0.25) is 10.1 Å². The molecule has 2 saturated carbocycles. The number of nitro benzene ring substituents is 1. The highest BCUT2D eigenvalue weighted by Crippen LogP contribution is 2.67. The van der Waals surface area contributed by atoms with Crippen LogP contribution in [0.4, 0.5) is 5.69 Å². The zero-order valence-corrected chi connectivity index (χ0v) is 16.3. The maximum absolute atomic E-state index is 11.4. The lowest BCUT2D eigenvalue weighted by molar-refractivity contribution is -0.384. The average molecular weight is 371 g/mol. The molecule has 28 heavy (non-hydrogen) atoms. The summed E-state index contributed by atoms with van der Waals surface area (Å²) < 4.78 is 0. The van der Waals surface area contributed by atoms with Crippen molar-refractivity contribution in [1.29, 1.82) is 0 Å². The number of benzene rings is 2. The van der Waals surface area contributed by atoms with E-state index in [-0.39, 0.29) is 10.6 Å². The van der Waals surface area contributed by atoms with Crippen molar-refractivity contribution in [2.75, 3.05) is 0 Å². The quantitative estimate of drug-likeness (QED) is 0.436. The molecule has 3 heteroatoms. The smallest absolute Gasteiger partial charge is 0.258 e. The molecule has 0 aliphatic heterocycles. The topological polar surface area (TPSA) is 43.1 Å². The molecule has 2 fully saturated rings. The molecule has 0 N–H and O–H groups in total. The van der Waals surface area contributed by atoms with Crippen LogP contribution in [0, 0.1) is 34.8 Å². The first-order valence-corrected chi connectivity index (χ1v) is 10.7. The van der Waals surface area contributed by atoms with E-state index in [1.807, 2.05) is 6.07 Å².